The fraction of sp³-hybridized carbons (Fsp3) is 0.500. The predicted molar refractivity (Wildman–Crippen MR) is 130 cm³/mol. The molecule has 0 atom stereocenters. The largest absolute Gasteiger partial charge is 0.493 e. The van der Waals surface area contributed by atoms with E-state index in [1.165, 1.54) is 5.56 Å². The van der Waals surface area contributed by atoms with Crippen LogP contribution in [0.15, 0.2) is 36.4 Å². The smallest absolute Gasteiger partial charge is 0.122 e. The van der Waals surface area contributed by atoms with Crippen LogP contribution >= 0.6 is 11.6 Å². The molecule has 2 aromatic rings. The highest BCUT2D eigenvalue weighted by atomic mass is 35.5. The van der Waals surface area contributed by atoms with Crippen molar-refractivity contribution >= 4 is 17.3 Å². The van der Waals surface area contributed by atoms with Crippen LogP contribution in [0.3, 0.4) is 0 Å². The minimum atomic E-state index is -0.725. The van der Waals surface area contributed by atoms with Gasteiger partial charge in [0.1, 0.15) is 11.8 Å². The average Bonchev–Trinajstić information content (AvgIpc) is 2.81. The normalized spacial score (nSPS) is 18.7. The molecule has 4 rings (SSSR count). The van der Waals surface area contributed by atoms with E-state index in [0.717, 1.165) is 62.9 Å². The second-order valence-electron chi connectivity index (χ2n) is 9.07. The van der Waals surface area contributed by atoms with Crippen LogP contribution in [0.2, 0.25) is 5.02 Å². The van der Waals surface area contributed by atoms with Gasteiger partial charge in [-0.15, -0.1) is 0 Å². The van der Waals surface area contributed by atoms with Gasteiger partial charge in [-0.3, -0.25) is 4.90 Å². The number of nitriles is 1. The molecule has 0 saturated carbocycles. The number of rotatable bonds is 7. The Kier molecular flexibility index (Phi) is 7.77. The first-order chi connectivity index (χ1) is 16.0. The molecule has 2 aromatic carbocycles. The van der Waals surface area contributed by atoms with Crippen molar-refractivity contribution in [1.29, 1.82) is 5.26 Å². The van der Waals surface area contributed by atoms with E-state index in [4.69, 9.17) is 26.3 Å². The zero-order valence-electron chi connectivity index (χ0n) is 19.2. The molecule has 2 saturated heterocycles. The molecule has 2 aliphatic heterocycles. The van der Waals surface area contributed by atoms with Crippen molar-refractivity contribution in [2.45, 2.75) is 38.3 Å². The summed E-state index contributed by atoms with van der Waals surface area (Å²) < 4.78 is 11.5. The molecule has 0 spiro atoms. The van der Waals surface area contributed by atoms with Crippen molar-refractivity contribution in [3.05, 3.63) is 58.1 Å². The Balaban J connectivity index is 1.25. The van der Waals surface area contributed by atoms with E-state index >= 15 is 0 Å². The molecule has 0 radical (unpaired) electrons. The van der Waals surface area contributed by atoms with Crippen LogP contribution < -0.4 is 9.64 Å². The van der Waals surface area contributed by atoms with Gasteiger partial charge in [0.05, 0.1) is 36.0 Å². The van der Waals surface area contributed by atoms with Crippen molar-refractivity contribution < 1.29 is 14.6 Å². The number of halogens is 1. The molecule has 0 unspecified atom stereocenters. The van der Waals surface area contributed by atoms with Gasteiger partial charge in [0, 0.05) is 44.8 Å². The lowest BCUT2D eigenvalue weighted by atomic mass is 9.88. The Morgan fingerprint density at radius 1 is 1.12 bits per heavy atom. The molecular weight excluding hydrogens is 438 g/mol. The van der Waals surface area contributed by atoms with Gasteiger partial charge in [0.25, 0.3) is 0 Å². The van der Waals surface area contributed by atoms with Crippen LogP contribution in [0.5, 0.6) is 5.75 Å². The van der Waals surface area contributed by atoms with Crippen molar-refractivity contribution in [1.82, 2.24) is 4.90 Å². The Morgan fingerprint density at radius 3 is 2.55 bits per heavy atom. The first-order valence-electron chi connectivity index (χ1n) is 11.7. The van der Waals surface area contributed by atoms with Gasteiger partial charge >= 0.3 is 0 Å². The monoisotopic (exact) mass is 469 g/mol. The summed E-state index contributed by atoms with van der Waals surface area (Å²) >= 11 is 6.18. The summed E-state index contributed by atoms with van der Waals surface area (Å²) in [5.41, 5.74) is 3.16. The van der Waals surface area contributed by atoms with Gasteiger partial charge in [-0.2, -0.15) is 5.26 Å². The zero-order chi connectivity index (χ0) is 23.3. The maximum atomic E-state index is 11.1. The predicted octanol–water partition coefficient (Wildman–Crippen LogP) is 4.15. The molecule has 7 heteroatoms. The third kappa shape index (κ3) is 6.18. The number of nitrogens with zero attached hydrogens (tertiary/aromatic N) is 3. The first-order valence-corrected chi connectivity index (χ1v) is 12.0. The fourth-order valence-corrected chi connectivity index (χ4v) is 4.78. The number of aliphatic hydroxyl groups is 1. The second-order valence-corrected chi connectivity index (χ2v) is 9.48. The fourth-order valence-electron chi connectivity index (χ4n) is 4.56. The Bertz CT molecular complexity index is 993. The molecule has 6 nitrogen and oxygen atoms in total. The highest BCUT2D eigenvalue weighted by Crippen LogP contribution is 2.31. The van der Waals surface area contributed by atoms with E-state index in [1.807, 2.05) is 18.2 Å². The van der Waals surface area contributed by atoms with Crippen molar-refractivity contribution in [3.8, 4) is 11.8 Å². The van der Waals surface area contributed by atoms with Crippen LogP contribution in [-0.4, -0.2) is 61.6 Å². The van der Waals surface area contributed by atoms with Crippen LogP contribution in [0.4, 0.5) is 5.69 Å². The number of aryl methyl sites for hydroxylation is 1. The van der Waals surface area contributed by atoms with Crippen molar-refractivity contribution in [2.75, 3.05) is 50.9 Å². The first kappa shape index (κ1) is 23.8. The van der Waals surface area contributed by atoms with Crippen LogP contribution in [-0.2, 0) is 11.3 Å². The number of benzene rings is 2. The average molecular weight is 470 g/mol. The molecule has 0 bridgehead atoms. The van der Waals surface area contributed by atoms with Gasteiger partial charge in [0.2, 0.25) is 0 Å². The molecule has 1 N–H and O–H groups in total. The Hall–Kier alpha value is -2.30. The summed E-state index contributed by atoms with van der Waals surface area (Å²) in [4.78, 5) is 4.62. The number of morpholine rings is 1. The summed E-state index contributed by atoms with van der Waals surface area (Å²) in [6.07, 6.45) is 1.95. The number of piperidine rings is 1. The second kappa shape index (κ2) is 10.8. The Labute approximate surface area is 201 Å². The molecule has 2 heterocycles. The molecule has 0 aromatic heterocycles. The molecule has 2 fully saturated rings. The number of hydrogen-bond acceptors (Lipinski definition) is 6. The quantitative estimate of drug-likeness (QED) is 0.656. The van der Waals surface area contributed by atoms with Gasteiger partial charge in [-0.05, 0) is 55.2 Å². The highest BCUT2D eigenvalue weighted by molar-refractivity contribution is 6.32. The topological polar surface area (TPSA) is 69.0 Å². The number of hydrogen-bond donors (Lipinski definition) is 1. The summed E-state index contributed by atoms with van der Waals surface area (Å²) in [6, 6.07) is 14.0. The molecule has 0 aliphatic carbocycles. The standard InChI is InChI=1S/C26H32ClN3O3/c1-20-16-21(19-29-11-14-32-15-12-29)2-5-25(20)33-13-8-26(31)6-9-30(10-7-26)23-4-3-22(18-28)24(27)17-23/h2-5,16-17,31H,6-15,19H2,1H3. The van der Waals surface area contributed by atoms with Gasteiger partial charge in [-0.25, -0.2) is 0 Å². The lowest BCUT2D eigenvalue weighted by Gasteiger charge is -2.39. The highest BCUT2D eigenvalue weighted by Gasteiger charge is 2.32. The number of anilines is 1. The van der Waals surface area contributed by atoms with Gasteiger partial charge in [0.15, 0.2) is 0 Å². The van der Waals surface area contributed by atoms with Crippen molar-refractivity contribution in [2.24, 2.45) is 0 Å². The van der Waals surface area contributed by atoms with E-state index in [-0.39, 0.29) is 0 Å². The van der Waals surface area contributed by atoms with E-state index in [9.17, 15) is 5.11 Å². The Morgan fingerprint density at radius 2 is 1.88 bits per heavy atom. The third-order valence-electron chi connectivity index (χ3n) is 6.71. The molecule has 2 aliphatic rings. The van der Waals surface area contributed by atoms with Crippen LogP contribution in [0, 0.1) is 18.3 Å². The van der Waals surface area contributed by atoms with Gasteiger partial charge in [-0.1, -0.05) is 23.7 Å². The lowest BCUT2D eigenvalue weighted by molar-refractivity contribution is -0.00274. The van der Waals surface area contributed by atoms with E-state index in [2.05, 4.69) is 34.9 Å². The van der Waals surface area contributed by atoms with Crippen LogP contribution in [0.25, 0.3) is 0 Å². The maximum Gasteiger partial charge on any atom is 0.122 e. The van der Waals surface area contributed by atoms with E-state index < -0.39 is 5.60 Å². The third-order valence-corrected chi connectivity index (χ3v) is 7.02. The van der Waals surface area contributed by atoms with Crippen LogP contribution in [0.1, 0.15) is 36.0 Å². The number of ether oxygens (including phenoxy) is 2. The maximum absolute atomic E-state index is 11.1. The summed E-state index contributed by atoms with van der Waals surface area (Å²) in [7, 11) is 0. The molecule has 176 valence electrons. The minimum Gasteiger partial charge on any atom is -0.493 e. The SMILES string of the molecule is Cc1cc(CN2CCOCC2)ccc1OCCC1(O)CCN(c2ccc(C#N)c(Cl)c2)CC1. The molecule has 33 heavy (non-hydrogen) atoms. The van der Waals surface area contributed by atoms with Gasteiger partial charge < -0.3 is 19.5 Å². The summed E-state index contributed by atoms with van der Waals surface area (Å²) in [6.45, 7) is 8.56. The molecule has 0 amide bonds. The van der Waals surface area contributed by atoms with E-state index in [0.29, 0.717) is 36.5 Å². The summed E-state index contributed by atoms with van der Waals surface area (Å²) in [5, 5.41) is 20.6. The molecular formula is C26H32ClN3O3. The van der Waals surface area contributed by atoms with E-state index in [1.54, 1.807) is 6.07 Å². The van der Waals surface area contributed by atoms with Crippen molar-refractivity contribution in [3.63, 3.8) is 0 Å². The zero-order valence-corrected chi connectivity index (χ0v) is 20.0. The minimum absolute atomic E-state index is 0.468. The summed E-state index contributed by atoms with van der Waals surface area (Å²) in [5.74, 6) is 0.883. The lowest BCUT2D eigenvalue weighted by Crippen LogP contribution is -2.45.